The highest BCUT2D eigenvalue weighted by Crippen LogP contribution is 2.22. The summed E-state index contributed by atoms with van der Waals surface area (Å²) in [6.45, 7) is -0.340. The van der Waals surface area contributed by atoms with Gasteiger partial charge in [-0.05, 0) is 35.4 Å². The van der Waals surface area contributed by atoms with Crippen molar-refractivity contribution in [1.29, 1.82) is 0 Å². The second-order valence-corrected chi connectivity index (χ2v) is 5.62. The monoisotopic (exact) mass is 327 g/mol. The van der Waals surface area contributed by atoms with Gasteiger partial charge in [-0.25, -0.2) is 4.79 Å². The van der Waals surface area contributed by atoms with Gasteiger partial charge in [0.2, 0.25) is 5.91 Å². The number of benzene rings is 2. The number of amides is 1. The van der Waals surface area contributed by atoms with Gasteiger partial charge >= 0.3 is 5.97 Å². The second-order valence-electron chi connectivity index (χ2n) is 5.62. The topological polar surface area (TPSA) is 81.7 Å². The van der Waals surface area contributed by atoms with Gasteiger partial charge in [0.25, 0.3) is 0 Å². The lowest BCUT2D eigenvalue weighted by Crippen LogP contribution is -2.35. The van der Waals surface area contributed by atoms with Crippen molar-refractivity contribution in [2.75, 3.05) is 13.7 Å². The van der Waals surface area contributed by atoms with Crippen LogP contribution in [0.25, 0.3) is 10.8 Å². The molecule has 0 aliphatic carbocycles. The van der Waals surface area contributed by atoms with E-state index in [1.807, 2.05) is 24.3 Å². The normalized spacial score (nSPS) is 16.7. The molecule has 6 heteroatoms. The third kappa shape index (κ3) is 3.37. The van der Waals surface area contributed by atoms with Crippen LogP contribution in [0.4, 0.5) is 0 Å². The van der Waals surface area contributed by atoms with E-state index in [-0.39, 0.29) is 18.3 Å². The summed E-state index contributed by atoms with van der Waals surface area (Å²) < 4.78 is 10.2. The van der Waals surface area contributed by atoms with Crippen LogP contribution >= 0.6 is 0 Å². The standard InChI is InChI=1S/C18H17NO5/c1-23-14-5-4-11-8-13(3-2-12(11)9-14)16(20)10-24-18(22)15-6-7-17(21)19-15/h2-5,8-9,15H,6-7,10H2,1H3,(H,19,21). The molecular formula is C18H17NO5. The van der Waals surface area contributed by atoms with Crippen LogP contribution in [0.15, 0.2) is 36.4 Å². The highest BCUT2D eigenvalue weighted by molar-refractivity contribution is 6.01. The molecule has 2 aromatic carbocycles. The average molecular weight is 327 g/mol. The summed E-state index contributed by atoms with van der Waals surface area (Å²) in [6.07, 6.45) is 0.714. The van der Waals surface area contributed by atoms with E-state index in [9.17, 15) is 14.4 Å². The Kier molecular flexibility index (Phi) is 4.46. The molecule has 1 N–H and O–H groups in total. The fourth-order valence-corrected chi connectivity index (χ4v) is 2.64. The molecule has 0 saturated carbocycles. The molecule has 1 aliphatic rings. The van der Waals surface area contributed by atoms with E-state index in [0.29, 0.717) is 18.4 Å². The number of carbonyl (C=O) groups is 3. The van der Waals surface area contributed by atoms with E-state index in [4.69, 9.17) is 9.47 Å². The minimum absolute atomic E-state index is 0.173. The molecule has 1 atom stereocenters. The number of esters is 1. The van der Waals surface area contributed by atoms with Crippen molar-refractivity contribution in [2.24, 2.45) is 0 Å². The van der Waals surface area contributed by atoms with Crippen LogP contribution in [0.2, 0.25) is 0 Å². The number of carbonyl (C=O) groups excluding carboxylic acids is 3. The van der Waals surface area contributed by atoms with Crippen LogP contribution in [-0.2, 0) is 14.3 Å². The molecule has 1 amide bonds. The van der Waals surface area contributed by atoms with Crippen LogP contribution in [0.1, 0.15) is 23.2 Å². The smallest absolute Gasteiger partial charge is 0.329 e. The number of rotatable bonds is 5. The van der Waals surface area contributed by atoms with E-state index < -0.39 is 12.0 Å². The van der Waals surface area contributed by atoms with Crippen molar-refractivity contribution in [3.8, 4) is 5.75 Å². The number of methoxy groups -OCH3 is 1. The number of nitrogens with one attached hydrogen (secondary N) is 1. The number of hydrogen-bond acceptors (Lipinski definition) is 5. The van der Waals surface area contributed by atoms with Crippen LogP contribution < -0.4 is 10.1 Å². The summed E-state index contributed by atoms with van der Waals surface area (Å²) in [5.74, 6) is -0.285. The Morgan fingerprint density at radius 1 is 1.17 bits per heavy atom. The zero-order chi connectivity index (χ0) is 17.1. The first-order valence-corrected chi connectivity index (χ1v) is 7.64. The van der Waals surface area contributed by atoms with Crippen molar-refractivity contribution < 1.29 is 23.9 Å². The van der Waals surface area contributed by atoms with E-state index in [1.165, 1.54) is 0 Å². The Morgan fingerprint density at radius 3 is 2.62 bits per heavy atom. The molecule has 3 rings (SSSR count). The summed E-state index contributed by atoms with van der Waals surface area (Å²) in [6, 6.07) is 10.2. The first kappa shape index (κ1) is 16.0. The molecule has 1 saturated heterocycles. The number of fused-ring (bicyclic) bond motifs is 1. The van der Waals surface area contributed by atoms with Gasteiger partial charge in [0.1, 0.15) is 11.8 Å². The summed E-state index contributed by atoms with van der Waals surface area (Å²) in [5, 5.41) is 4.37. The summed E-state index contributed by atoms with van der Waals surface area (Å²) in [7, 11) is 1.60. The van der Waals surface area contributed by atoms with Crippen molar-refractivity contribution in [3.63, 3.8) is 0 Å². The number of Topliss-reactive ketones (excluding diaryl/α,β-unsaturated/α-hetero) is 1. The van der Waals surface area contributed by atoms with Crippen molar-refractivity contribution in [1.82, 2.24) is 5.32 Å². The van der Waals surface area contributed by atoms with Crippen molar-refractivity contribution >= 4 is 28.4 Å². The lowest BCUT2D eigenvalue weighted by atomic mass is 10.0. The maximum Gasteiger partial charge on any atom is 0.329 e. The van der Waals surface area contributed by atoms with Gasteiger partial charge in [0.15, 0.2) is 12.4 Å². The first-order valence-electron chi connectivity index (χ1n) is 7.64. The molecule has 6 nitrogen and oxygen atoms in total. The lowest BCUT2D eigenvalue weighted by molar-refractivity contribution is -0.145. The van der Waals surface area contributed by atoms with Gasteiger partial charge < -0.3 is 14.8 Å². The molecule has 1 fully saturated rings. The largest absolute Gasteiger partial charge is 0.497 e. The fourth-order valence-electron chi connectivity index (χ4n) is 2.64. The maximum absolute atomic E-state index is 12.2. The zero-order valence-corrected chi connectivity index (χ0v) is 13.2. The minimum atomic E-state index is -0.644. The highest BCUT2D eigenvalue weighted by Gasteiger charge is 2.28. The second kappa shape index (κ2) is 6.70. The number of hydrogen-bond donors (Lipinski definition) is 1. The molecule has 0 radical (unpaired) electrons. The zero-order valence-electron chi connectivity index (χ0n) is 13.2. The summed E-state index contributed by atoms with van der Waals surface area (Å²) >= 11 is 0. The van der Waals surface area contributed by atoms with Gasteiger partial charge in [-0.2, -0.15) is 0 Å². The Balaban J connectivity index is 1.65. The van der Waals surface area contributed by atoms with Crippen LogP contribution in [0.5, 0.6) is 5.75 Å². The molecule has 124 valence electrons. The molecule has 1 aliphatic heterocycles. The number of ether oxygens (including phenoxy) is 2. The predicted molar refractivity (Wildman–Crippen MR) is 87.0 cm³/mol. The molecule has 1 heterocycles. The predicted octanol–water partition coefficient (Wildman–Crippen LogP) is 1.85. The SMILES string of the molecule is COc1ccc2cc(C(=O)COC(=O)C3CCC(=O)N3)ccc2c1. The van der Waals surface area contributed by atoms with Crippen molar-refractivity contribution in [3.05, 3.63) is 42.0 Å². The van der Waals surface area contributed by atoms with Crippen LogP contribution in [-0.4, -0.2) is 37.4 Å². The molecule has 2 aromatic rings. The summed E-state index contributed by atoms with van der Waals surface area (Å²) in [4.78, 5) is 35.1. The molecule has 0 spiro atoms. The quantitative estimate of drug-likeness (QED) is 0.669. The van der Waals surface area contributed by atoms with E-state index in [1.54, 1.807) is 19.2 Å². The van der Waals surface area contributed by atoms with Gasteiger partial charge in [-0.15, -0.1) is 0 Å². The van der Waals surface area contributed by atoms with Gasteiger partial charge in [0, 0.05) is 12.0 Å². The third-order valence-electron chi connectivity index (χ3n) is 3.99. The van der Waals surface area contributed by atoms with E-state index in [0.717, 1.165) is 16.5 Å². The van der Waals surface area contributed by atoms with Gasteiger partial charge in [-0.3, -0.25) is 9.59 Å². The minimum Gasteiger partial charge on any atom is -0.497 e. The van der Waals surface area contributed by atoms with Crippen LogP contribution in [0, 0.1) is 0 Å². The van der Waals surface area contributed by atoms with Gasteiger partial charge in [0.05, 0.1) is 7.11 Å². The molecular weight excluding hydrogens is 310 g/mol. The molecule has 0 bridgehead atoms. The highest BCUT2D eigenvalue weighted by atomic mass is 16.5. The first-order chi connectivity index (χ1) is 11.6. The Hall–Kier alpha value is -2.89. The Labute approximate surface area is 138 Å². The van der Waals surface area contributed by atoms with Crippen molar-refractivity contribution in [2.45, 2.75) is 18.9 Å². The Bertz CT molecular complexity index is 814. The third-order valence-corrected chi connectivity index (χ3v) is 3.99. The fraction of sp³-hybridized carbons (Fsp3) is 0.278. The lowest BCUT2D eigenvalue weighted by Gasteiger charge is -2.10. The average Bonchev–Trinajstić information content (AvgIpc) is 3.04. The molecule has 24 heavy (non-hydrogen) atoms. The van der Waals surface area contributed by atoms with Gasteiger partial charge in [-0.1, -0.05) is 18.2 Å². The van der Waals surface area contributed by atoms with Crippen LogP contribution in [0.3, 0.4) is 0 Å². The number of ketones is 1. The molecule has 1 unspecified atom stereocenters. The van der Waals surface area contributed by atoms with E-state index >= 15 is 0 Å². The molecule has 0 aromatic heterocycles. The summed E-state index contributed by atoms with van der Waals surface area (Å²) in [5.41, 5.74) is 0.468. The van der Waals surface area contributed by atoms with E-state index in [2.05, 4.69) is 5.32 Å². The maximum atomic E-state index is 12.2. The Morgan fingerprint density at radius 2 is 1.92 bits per heavy atom.